The van der Waals surface area contributed by atoms with Crippen molar-refractivity contribution in [1.82, 2.24) is 5.32 Å². The number of nitrogens with one attached hydrogen (secondary N) is 1. The largest absolute Gasteiger partial charge is 0.473 e. The summed E-state index contributed by atoms with van der Waals surface area (Å²) in [6.07, 6.45) is -1.46. The Balaban J connectivity index is 1.62. The Hall–Kier alpha value is -2.84. The summed E-state index contributed by atoms with van der Waals surface area (Å²) >= 11 is 0. The summed E-state index contributed by atoms with van der Waals surface area (Å²) in [7, 11) is 0. The Labute approximate surface area is 144 Å². The van der Waals surface area contributed by atoms with Crippen molar-refractivity contribution in [3.8, 4) is 17.2 Å². The summed E-state index contributed by atoms with van der Waals surface area (Å²) in [5, 5.41) is 23.7. The van der Waals surface area contributed by atoms with Crippen LogP contribution in [0, 0.1) is 10.1 Å². The van der Waals surface area contributed by atoms with Crippen molar-refractivity contribution in [2.75, 3.05) is 6.79 Å². The van der Waals surface area contributed by atoms with Crippen molar-refractivity contribution in [2.24, 2.45) is 0 Å². The molecule has 0 aromatic heterocycles. The highest BCUT2D eigenvalue weighted by atomic mass is 16.7. The molecule has 1 aliphatic rings. The van der Waals surface area contributed by atoms with E-state index in [1.54, 1.807) is 6.92 Å². The molecule has 2 aromatic carbocycles. The number of fused-ring (bicyclic) bond motifs is 1. The van der Waals surface area contributed by atoms with E-state index in [4.69, 9.17) is 14.2 Å². The van der Waals surface area contributed by atoms with Crippen LogP contribution in [-0.4, -0.2) is 29.2 Å². The van der Waals surface area contributed by atoms with Gasteiger partial charge < -0.3 is 19.3 Å². The van der Waals surface area contributed by atoms with Gasteiger partial charge in [-0.2, -0.15) is 0 Å². The second-order valence-corrected chi connectivity index (χ2v) is 5.60. The van der Waals surface area contributed by atoms with Crippen LogP contribution in [0.25, 0.3) is 0 Å². The lowest BCUT2D eigenvalue weighted by atomic mass is 10.2. The lowest BCUT2D eigenvalue weighted by Crippen LogP contribution is -2.42. The van der Waals surface area contributed by atoms with Crippen molar-refractivity contribution in [3.63, 3.8) is 0 Å². The number of non-ortho nitro benzene ring substituents is 1. The monoisotopic (exact) mass is 346 g/mol. The SMILES string of the molecule is CC(O)C(NCc1ccc2c(c1)OCO2)Oc1ccc([N+](=O)[O-])cc1. The summed E-state index contributed by atoms with van der Waals surface area (Å²) in [6, 6.07) is 11.3. The van der Waals surface area contributed by atoms with Gasteiger partial charge in [-0.1, -0.05) is 6.07 Å². The van der Waals surface area contributed by atoms with Crippen LogP contribution < -0.4 is 19.5 Å². The zero-order valence-corrected chi connectivity index (χ0v) is 13.5. The number of aliphatic hydroxyl groups excluding tert-OH is 1. The lowest BCUT2D eigenvalue weighted by Gasteiger charge is -2.23. The number of aliphatic hydroxyl groups is 1. The second-order valence-electron chi connectivity index (χ2n) is 5.60. The molecule has 0 fully saturated rings. The first kappa shape index (κ1) is 17.0. The van der Waals surface area contributed by atoms with Gasteiger partial charge in [-0.25, -0.2) is 0 Å². The molecule has 0 bridgehead atoms. The molecule has 8 nitrogen and oxygen atoms in total. The molecule has 8 heteroatoms. The van der Waals surface area contributed by atoms with E-state index in [1.165, 1.54) is 24.3 Å². The van der Waals surface area contributed by atoms with E-state index in [0.717, 1.165) is 5.56 Å². The van der Waals surface area contributed by atoms with Crippen LogP contribution in [0.2, 0.25) is 0 Å². The van der Waals surface area contributed by atoms with Gasteiger partial charge in [0, 0.05) is 18.7 Å². The fraction of sp³-hybridized carbons (Fsp3) is 0.294. The van der Waals surface area contributed by atoms with E-state index in [9.17, 15) is 15.2 Å². The predicted molar refractivity (Wildman–Crippen MR) is 88.6 cm³/mol. The third kappa shape index (κ3) is 4.17. The van der Waals surface area contributed by atoms with Crippen molar-refractivity contribution >= 4 is 5.69 Å². The summed E-state index contributed by atoms with van der Waals surface area (Å²) in [4.78, 5) is 10.2. The van der Waals surface area contributed by atoms with Gasteiger partial charge in [0.1, 0.15) is 11.9 Å². The normalized spacial score (nSPS) is 14.8. The van der Waals surface area contributed by atoms with Crippen molar-refractivity contribution < 1.29 is 24.2 Å². The van der Waals surface area contributed by atoms with Gasteiger partial charge in [0.15, 0.2) is 17.7 Å². The molecule has 1 heterocycles. The molecule has 132 valence electrons. The van der Waals surface area contributed by atoms with Crippen LogP contribution in [0.1, 0.15) is 12.5 Å². The maximum Gasteiger partial charge on any atom is 0.269 e. The van der Waals surface area contributed by atoms with Crippen LogP contribution in [-0.2, 0) is 6.54 Å². The summed E-state index contributed by atoms with van der Waals surface area (Å²) in [6.45, 7) is 2.26. The average molecular weight is 346 g/mol. The first-order chi connectivity index (χ1) is 12.0. The van der Waals surface area contributed by atoms with Gasteiger partial charge in [0.2, 0.25) is 6.79 Å². The first-order valence-electron chi connectivity index (χ1n) is 7.74. The fourth-order valence-corrected chi connectivity index (χ4v) is 2.37. The molecular weight excluding hydrogens is 328 g/mol. The molecule has 2 N–H and O–H groups in total. The van der Waals surface area contributed by atoms with Crippen molar-refractivity contribution in [2.45, 2.75) is 25.8 Å². The molecule has 2 atom stereocenters. The quantitative estimate of drug-likeness (QED) is 0.450. The molecule has 0 radical (unpaired) electrons. The van der Waals surface area contributed by atoms with Crippen LogP contribution in [0.4, 0.5) is 5.69 Å². The summed E-state index contributed by atoms with van der Waals surface area (Å²) in [5.41, 5.74) is 0.927. The van der Waals surface area contributed by atoms with Crippen LogP contribution in [0.3, 0.4) is 0 Å². The number of nitro benzene ring substituents is 1. The van der Waals surface area contributed by atoms with Gasteiger partial charge in [0.25, 0.3) is 5.69 Å². The molecule has 0 aliphatic carbocycles. The Morgan fingerprint density at radius 3 is 2.64 bits per heavy atom. The van der Waals surface area contributed by atoms with Crippen molar-refractivity contribution in [3.05, 3.63) is 58.1 Å². The van der Waals surface area contributed by atoms with Crippen LogP contribution in [0.5, 0.6) is 17.2 Å². The topological polar surface area (TPSA) is 103 Å². The highest BCUT2D eigenvalue weighted by Gasteiger charge is 2.18. The van der Waals surface area contributed by atoms with Gasteiger partial charge >= 0.3 is 0 Å². The molecule has 2 unspecified atom stereocenters. The van der Waals surface area contributed by atoms with E-state index in [0.29, 0.717) is 23.8 Å². The number of rotatable bonds is 7. The minimum absolute atomic E-state index is 0.0192. The number of ether oxygens (including phenoxy) is 3. The zero-order chi connectivity index (χ0) is 17.8. The number of hydrogen-bond donors (Lipinski definition) is 2. The van der Waals surface area contributed by atoms with Crippen LogP contribution in [0.15, 0.2) is 42.5 Å². The van der Waals surface area contributed by atoms with Crippen molar-refractivity contribution in [1.29, 1.82) is 0 Å². The van der Waals surface area contributed by atoms with E-state index >= 15 is 0 Å². The molecule has 0 saturated carbocycles. The maximum absolute atomic E-state index is 10.7. The Morgan fingerprint density at radius 2 is 1.96 bits per heavy atom. The minimum atomic E-state index is -0.788. The molecule has 0 saturated heterocycles. The zero-order valence-electron chi connectivity index (χ0n) is 13.5. The molecule has 25 heavy (non-hydrogen) atoms. The number of nitrogens with zero attached hydrogens (tertiary/aromatic N) is 1. The van der Waals surface area contributed by atoms with Gasteiger partial charge in [-0.3, -0.25) is 15.4 Å². The van der Waals surface area contributed by atoms with Gasteiger partial charge in [0.05, 0.1) is 4.92 Å². The Morgan fingerprint density at radius 1 is 1.24 bits per heavy atom. The van der Waals surface area contributed by atoms with Crippen LogP contribution >= 0.6 is 0 Å². The fourth-order valence-electron chi connectivity index (χ4n) is 2.37. The summed E-state index contributed by atoms with van der Waals surface area (Å²) < 4.78 is 16.3. The number of hydrogen-bond acceptors (Lipinski definition) is 7. The van der Waals surface area contributed by atoms with E-state index in [1.807, 2.05) is 18.2 Å². The van der Waals surface area contributed by atoms with Gasteiger partial charge in [-0.15, -0.1) is 0 Å². The van der Waals surface area contributed by atoms with E-state index < -0.39 is 17.3 Å². The Kier molecular flexibility index (Phi) is 5.01. The number of nitro groups is 1. The van der Waals surface area contributed by atoms with E-state index in [2.05, 4.69) is 5.32 Å². The highest BCUT2D eigenvalue weighted by molar-refractivity contribution is 5.44. The highest BCUT2D eigenvalue weighted by Crippen LogP contribution is 2.32. The molecule has 0 spiro atoms. The van der Waals surface area contributed by atoms with Gasteiger partial charge in [-0.05, 0) is 36.8 Å². The number of benzene rings is 2. The smallest absolute Gasteiger partial charge is 0.269 e. The Bertz CT molecular complexity index is 747. The second kappa shape index (κ2) is 7.37. The summed E-state index contributed by atoms with van der Waals surface area (Å²) in [5.74, 6) is 1.82. The predicted octanol–water partition coefficient (Wildman–Crippen LogP) is 2.20. The molecule has 2 aromatic rings. The third-order valence-electron chi connectivity index (χ3n) is 3.69. The standard InChI is InChI=1S/C17H18N2O6/c1-11(20)17(25-14-5-3-13(4-6-14)19(21)22)18-9-12-2-7-15-16(8-12)24-10-23-15/h2-8,11,17-18,20H,9-10H2,1H3. The lowest BCUT2D eigenvalue weighted by molar-refractivity contribution is -0.384. The third-order valence-corrected chi connectivity index (χ3v) is 3.69. The molecular formula is C17H18N2O6. The molecule has 3 rings (SSSR count). The molecule has 0 amide bonds. The average Bonchev–Trinajstić information content (AvgIpc) is 3.06. The first-order valence-corrected chi connectivity index (χ1v) is 7.74. The minimum Gasteiger partial charge on any atom is -0.473 e. The molecule has 1 aliphatic heterocycles. The van der Waals surface area contributed by atoms with E-state index in [-0.39, 0.29) is 12.5 Å². The maximum atomic E-state index is 10.7.